The minimum Gasteiger partial charge on any atom is -0.295 e. The first-order valence-electron chi connectivity index (χ1n) is 5.44. The third-order valence-corrected chi connectivity index (χ3v) is 2.75. The van der Waals surface area contributed by atoms with E-state index in [1.54, 1.807) is 18.0 Å². The Labute approximate surface area is 95.9 Å². The van der Waals surface area contributed by atoms with Gasteiger partial charge in [0, 0.05) is 31.2 Å². The molecule has 2 rings (SSSR count). The van der Waals surface area contributed by atoms with Crippen molar-refractivity contribution in [3.63, 3.8) is 0 Å². The zero-order valence-electron chi connectivity index (χ0n) is 9.28. The first kappa shape index (κ1) is 10.7. The molecule has 82 valence electrons. The van der Waals surface area contributed by atoms with Crippen molar-refractivity contribution >= 4 is 5.91 Å². The van der Waals surface area contributed by atoms with E-state index in [-0.39, 0.29) is 5.91 Å². The monoisotopic (exact) mass is 213 g/mol. The second kappa shape index (κ2) is 4.79. The Morgan fingerprint density at radius 1 is 0.875 bits per heavy atom. The summed E-state index contributed by atoms with van der Waals surface area (Å²) in [6.45, 7) is 1.56. The average molecular weight is 213 g/mol. The summed E-state index contributed by atoms with van der Waals surface area (Å²) < 4.78 is 0. The minimum absolute atomic E-state index is 0.0229. The highest BCUT2D eigenvalue weighted by molar-refractivity contribution is 5.75. The number of amides is 1. The minimum atomic E-state index is 0.0229. The Balaban J connectivity index is 2.26. The Morgan fingerprint density at radius 2 is 1.44 bits per heavy atom. The molecule has 1 aliphatic carbocycles. The largest absolute Gasteiger partial charge is 0.295 e. The lowest BCUT2D eigenvalue weighted by Crippen LogP contribution is -2.16. The van der Waals surface area contributed by atoms with Crippen molar-refractivity contribution in [2.24, 2.45) is 11.8 Å². The van der Waals surface area contributed by atoms with Gasteiger partial charge < -0.3 is 0 Å². The number of fused-ring (bicyclic) bond motifs is 1. The van der Waals surface area contributed by atoms with Crippen LogP contribution in [0.1, 0.15) is 6.92 Å². The maximum atomic E-state index is 11.3. The molecule has 1 aliphatic heterocycles. The molecule has 0 aromatic carbocycles. The first-order valence-corrected chi connectivity index (χ1v) is 5.44. The molecule has 0 N–H and O–H groups in total. The molecule has 0 radical (unpaired) electrons. The molecule has 16 heavy (non-hydrogen) atoms. The SMILES string of the molecule is CC(=O)N1/C=C\C=C/[C@H]2C=CC=C[C@@H]2/C=C\1. The molecular formula is C14H15NO. The average Bonchev–Trinajstić information content (AvgIpc) is 2.38. The summed E-state index contributed by atoms with van der Waals surface area (Å²) >= 11 is 0. The summed E-state index contributed by atoms with van der Waals surface area (Å²) in [5.74, 6) is 0.746. The molecule has 1 heterocycles. The van der Waals surface area contributed by atoms with Crippen LogP contribution in [0.15, 0.2) is 61.0 Å². The van der Waals surface area contributed by atoms with Crippen LogP contribution in [0.2, 0.25) is 0 Å². The van der Waals surface area contributed by atoms with Crippen molar-refractivity contribution in [2.45, 2.75) is 6.92 Å². The summed E-state index contributed by atoms with van der Waals surface area (Å²) in [6, 6.07) is 0. The number of hydrogen-bond donors (Lipinski definition) is 0. The van der Waals surface area contributed by atoms with Crippen LogP contribution in [0.4, 0.5) is 0 Å². The van der Waals surface area contributed by atoms with E-state index in [1.807, 2.05) is 24.4 Å². The van der Waals surface area contributed by atoms with Gasteiger partial charge in [-0.3, -0.25) is 9.69 Å². The molecule has 0 fully saturated rings. The van der Waals surface area contributed by atoms with Crippen LogP contribution >= 0.6 is 0 Å². The molecule has 0 aromatic rings. The molecule has 2 heteroatoms. The number of carbonyl (C=O) groups excluding carboxylic acids is 1. The Bertz CT molecular complexity index is 412. The quantitative estimate of drug-likeness (QED) is 0.606. The van der Waals surface area contributed by atoms with Crippen LogP contribution in [-0.4, -0.2) is 10.8 Å². The summed E-state index contributed by atoms with van der Waals surface area (Å²) in [5.41, 5.74) is 0. The molecule has 0 saturated heterocycles. The molecule has 0 bridgehead atoms. The number of nitrogens with zero attached hydrogens (tertiary/aromatic N) is 1. The number of allylic oxidation sites excluding steroid dienone is 8. The van der Waals surface area contributed by atoms with Gasteiger partial charge in [0.15, 0.2) is 0 Å². The van der Waals surface area contributed by atoms with Gasteiger partial charge in [0.05, 0.1) is 0 Å². The normalized spacial score (nSPS) is 33.2. The van der Waals surface area contributed by atoms with E-state index in [2.05, 4.69) is 30.4 Å². The van der Waals surface area contributed by atoms with Crippen molar-refractivity contribution in [1.82, 2.24) is 4.90 Å². The van der Waals surface area contributed by atoms with Crippen molar-refractivity contribution in [2.75, 3.05) is 0 Å². The highest BCUT2D eigenvalue weighted by Crippen LogP contribution is 2.23. The molecule has 2 aliphatic rings. The van der Waals surface area contributed by atoms with E-state index < -0.39 is 0 Å². The van der Waals surface area contributed by atoms with Crippen LogP contribution in [0.25, 0.3) is 0 Å². The maximum Gasteiger partial charge on any atom is 0.227 e. The van der Waals surface area contributed by atoms with E-state index in [0.29, 0.717) is 11.8 Å². The Hall–Kier alpha value is -1.83. The molecular weight excluding hydrogens is 198 g/mol. The van der Waals surface area contributed by atoms with Gasteiger partial charge in [-0.1, -0.05) is 42.5 Å². The fraction of sp³-hybridized carbons (Fsp3) is 0.214. The van der Waals surface area contributed by atoms with Crippen molar-refractivity contribution in [3.05, 3.63) is 61.0 Å². The number of hydrogen-bond acceptors (Lipinski definition) is 1. The van der Waals surface area contributed by atoms with Crippen LogP contribution in [0.5, 0.6) is 0 Å². The predicted octanol–water partition coefficient (Wildman–Crippen LogP) is 2.79. The van der Waals surface area contributed by atoms with Gasteiger partial charge in [0.2, 0.25) is 5.91 Å². The van der Waals surface area contributed by atoms with Crippen molar-refractivity contribution < 1.29 is 4.79 Å². The maximum absolute atomic E-state index is 11.3. The fourth-order valence-corrected chi connectivity index (χ4v) is 1.81. The van der Waals surface area contributed by atoms with Crippen LogP contribution in [-0.2, 0) is 4.79 Å². The Kier molecular flexibility index (Phi) is 3.20. The zero-order chi connectivity index (χ0) is 11.4. The van der Waals surface area contributed by atoms with Crippen molar-refractivity contribution in [1.29, 1.82) is 0 Å². The van der Waals surface area contributed by atoms with E-state index in [4.69, 9.17) is 0 Å². The smallest absolute Gasteiger partial charge is 0.227 e. The lowest BCUT2D eigenvalue weighted by atomic mass is 9.88. The van der Waals surface area contributed by atoms with Crippen LogP contribution in [0.3, 0.4) is 0 Å². The van der Waals surface area contributed by atoms with Gasteiger partial charge in [0.25, 0.3) is 0 Å². The van der Waals surface area contributed by atoms with Crippen LogP contribution in [0, 0.1) is 11.8 Å². The standard InChI is InChI=1S/C14H15NO/c1-12(16)15-10-5-4-8-13-6-2-3-7-14(13)9-11-15/h2-11,13-14H,1H3/b8-4-,10-5-,11-9-/t13-,14-/m1/s1. The van der Waals surface area contributed by atoms with E-state index >= 15 is 0 Å². The van der Waals surface area contributed by atoms with Crippen molar-refractivity contribution in [3.8, 4) is 0 Å². The predicted molar refractivity (Wildman–Crippen MR) is 65.2 cm³/mol. The molecule has 0 aromatic heterocycles. The number of rotatable bonds is 0. The van der Waals surface area contributed by atoms with Gasteiger partial charge in [-0.15, -0.1) is 0 Å². The molecule has 0 spiro atoms. The van der Waals surface area contributed by atoms with Gasteiger partial charge in [-0.2, -0.15) is 0 Å². The Morgan fingerprint density at radius 3 is 2.06 bits per heavy atom. The second-order valence-corrected chi connectivity index (χ2v) is 3.92. The summed E-state index contributed by atoms with van der Waals surface area (Å²) in [6.07, 6.45) is 20.1. The fourth-order valence-electron chi connectivity index (χ4n) is 1.81. The first-order chi connectivity index (χ1) is 7.77. The molecule has 0 saturated carbocycles. The molecule has 0 unspecified atom stereocenters. The van der Waals surface area contributed by atoms with Gasteiger partial charge in [0.1, 0.15) is 0 Å². The molecule has 2 nitrogen and oxygen atoms in total. The van der Waals surface area contributed by atoms with E-state index in [1.165, 1.54) is 0 Å². The summed E-state index contributed by atoms with van der Waals surface area (Å²) in [4.78, 5) is 12.9. The number of carbonyl (C=O) groups is 1. The highest BCUT2D eigenvalue weighted by atomic mass is 16.2. The van der Waals surface area contributed by atoms with E-state index in [9.17, 15) is 4.79 Å². The third kappa shape index (κ3) is 2.40. The summed E-state index contributed by atoms with van der Waals surface area (Å²) in [7, 11) is 0. The molecule has 2 atom stereocenters. The topological polar surface area (TPSA) is 20.3 Å². The van der Waals surface area contributed by atoms with Gasteiger partial charge in [-0.25, -0.2) is 0 Å². The second-order valence-electron chi connectivity index (χ2n) is 3.92. The third-order valence-electron chi connectivity index (χ3n) is 2.75. The van der Waals surface area contributed by atoms with Gasteiger partial charge in [-0.05, 0) is 6.08 Å². The zero-order valence-corrected chi connectivity index (χ0v) is 9.28. The lowest BCUT2D eigenvalue weighted by molar-refractivity contribution is -0.124. The van der Waals surface area contributed by atoms with Gasteiger partial charge >= 0.3 is 0 Å². The highest BCUT2D eigenvalue weighted by Gasteiger charge is 2.14. The lowest BCUT2D eigenvalue weighted by Gasteiger charge is -2.18. The van der Waals surface area contributed by atoms with Crippen LogP contribution < -0.4 is 0 Å². The molecule has 1 amide bonds. The summed E-state index contributed by atoms with van der Waals surface area (Å²) in [5, 5.41) is 0. The van der Waals surface area contributed by atoms with E-state index in [0.717, 1.165) is 0 Å².